The highest BCUT2D eigenvalue weighted by atomic mass is 16.5. The van der Waals surface area contributed by atoms with Gasteiger partial charge in [-0.05, 0) is 12.1 Å². The summed E-state index contributed by atoms with van der Waals surface area (Å²) in [7, 11) is 0. The Morgan fingerprint density at radius 2 is 2.07 bits per heavy atom. The Hall–Kier alpha value is -1.51. The third-order valence-electron chi connectivity index (χ3n) is 2.65. The van der Waals surface area contributed by atoms with Gasteiger partial charge in [0, 0.05) is 12.3 Å². The van der Waals surface area contributed by atoms with Crippen molar-refractivity contribution >= 4 is 5.97 Å². The van der Waals surface area contributed by atoms with Crippen LogP contribution in [0.4, 0.5) is 0 Å². The van der Waals surface area contributed by atoms with Crippen molar-refractivity contribution < 1.29 is 14.6 Å². The molecule has 74 valence electrons. The monoisotopic (exact) mass is 192 g/mol. The van der Waals surface area contributed by atoms with E-state index in [4.69, 9.17) is 9.84 Å². The van der Waals surface area contributed by atoms with Gasteiger partial charge in [0.15, 0.2) is 0 Å². The maximum Gasteiger partial charge on any atom is 0.348 e. The molecule has 1 aromatic carbocycles. The minimum Gasteiger partial charge on any atom is -0.478 e. The van der Waals surface area contributed by atoms with Crippen molar-refractivity contribution in [3.63, 3.8) is 0 Å². The molecule has 0 bridgehead atoms. The van der Waals surface area contributed by atoms with Crippen LogP contribution in [0.3, 0.4) is 0 Å². The van der Waals surface area contributed by atoms with E-state index in [1.807, 2.05) is 25.1 Å². The van der Waals surface area contributed by atoms with Gasteiger partial charge in [0.2, 0.25) is 5.60 Å². The Morgan fingerprint density at radius 3 is 2.50 bits per heavy atom. The molecule has 0 aliphatic heterocycles. The summed E-state index contributed by atoms with van der Waals surface area (Å²) in [6.45, 7) is 1.89. The summed E-state index contributed by atoms with van der Waals surface area (Å²) in [5.41, 5.74) is -0.971. The zero-order chi connectivity index (χ0) is 10.2. The summed E-state index contributed by atoms with van der Waals surface area (Å²) >= 11 is 0. The Balaban J connectivity index is 2.15. The summed E-state index contributed by atoms with van der Waals surface area (Å²) in [6, 6.07) is 9.08. The first-order valence-corrected chi connectivity index (χ1v) is 4.62. The number of rotatable bonds is 3. The number of carbonyl (C=O) groups is 1. The van der Waals surface area contributed by atoms with Crippen LogP contribution < -0.4 is 4.74 Å². The second kappa shape index (κ2) is 3.01. The molecule has 1 aromatic rings. The van der Waals surface area contributed by atoms with E-state index < -0.39 is 11.6 Å². The van der Waals surface area contributed by atoms with Crippen molar-refractivity contribution in [2.45, 2.75) is 18.9 Å². The van der Waals surface area contributed by atoms with E-state index in [2.05, 4.69) is 0 Å². The molecule has 2 rings (SSSR count). The van der Waals surface area contributed by atoms with E-state index >= 15 is 0 Å². The van der Waals surface area contributed by atoms with Crippen LogP contribution in [0.2, 0.25) is 0 Å². The van der Waals surface area contributed by atoms with E-state index in [0.29, 0.717) is 12.2 Å². The molecule has 0 saturated heterocycles. The molecule has 2 atom stereocenters. The lowest BCUT2D eigenvalue weighted by molar-refractivity contribution is -0.148. The zero-order valence-corrected chi connectivity index (χ0v) is 7.93. The fourth-order valence-electron chi connectivity index (χ4n) is 1.58. The normalized spacial score (nSPS) is 29.6. The molecule has 1 aliphatic carbocycles. The van der Waals surface area contributed by atoms with Crippen LogP contribution in [0.25, 0.3) is 0 Å². The molecule has 3 heteroatoms. The first-order valence-electron chi connectivity index (χ1n) is 4.62. The molecule has 1 fully saturated rings. The fraction of sp³-hybridized carbons (Fsp3) is 0.364. The van der Waals surface area contributed by atoms with Crippen molar-refractivity contribution in [3.8, 4) is 5.75 Å². The Morgan fingerprint density at radius 1 is 1.50 bits per heavy atom. The highest BCUT2D eigenvalue weighted by Gasteiger charge is 2.61. The van der Waals surface area contributed by atoms with E-state index in [1.165, 1.54) is 0 Å². The van der Waals surface area contributed by atoms with Gasteiger partial charge in [-0.1, -0.05) is 25.1 Å². The van der Waals surface area contributed by atoms with Crippen molar-refractivity contribution in [1.82, 2.24) is 0 Å². The number of carboxylic acids is 1. The third kappa shape index (κ3) is 1.35. The quantitative estimate of drug-likeness (QED) is 0.795. The number of hydrogen-bond acceptors (Lipinski definition) is 2. The molecular weight excluding hydrogens is 180 g/mol. The molecule has 0 heterocycles. The summed E-state index contributed by atoms with van der Waals surface area (Å²) in [4.78, 5) is 11.0. The van der Waals surface area contributed by atoms with Crippen molar-refractivity contribution in [2.24, 2.45) is 5.92 Å². The molecule has 0 aromatic heterocycles. The lowest BCUT2D eigenvalue weighted by atomic mass is 10.2. The standard InChI is InChI=1S/C11H12O3/c1-8-7-11(8,10(12)13)14-9-5-3-2-4-6-9/h2-6,8H,7H2,1H3,(H,12,13). The Kier molecular flexibility index (Phi) is 1.95. The van der Waals surface area contributed by atoms with Crippen LogP contribution >= 0.6 is 0 Å². The van der Waals surface area contributed by atoms with Gasteiger partial charge < -0.3 is 9.84 Å². The van der Waals surface area contributed by atoms with Gasteiger partial charge in [-0.15, -0.1) is 0 Å². The minimum absolute atomic E-state index is 0.0974. The van der Waals surface area contributed by atoms with E-state index in [1.54, 1.807) is 12.1 Å². The molecule has 3 nitrogen and oxygen atoms in total. The molecular formula is C11H12O3. The first kappa shape index (κ1) is 9.06. The maximum atomic E-state index is 11.0. The number of carboxylic acid groups (broad SMARTS) is 1. The van der Waals surface area contributed by atoms with E-state index in [-0.39, 0.29) is 5.92 Å². The highest BCUT2D eigenvalue weighted by molar-refractivity contribution is 5.82. The molecule has 2 unspecified atom stereocenters. The third-order valence-corrected chi connectivity index (χ3v) is 2.65. The van der Waals surface area contributed by atoms with Crippen LogP contribution in [0.5, 0.6) is 5.75 Å². The number of benzene rings is 1. The fourth-order valence-corrected chi connectivity index (χ4v) is 1.58. The maximum absolute atomic E-state index is 11.0. The summed E-state index contributed by atoms with van der Waals surface area (Å²) in [6.07, 6.45) is 0.594. The van der Waals surface area contributed by atoms with Crippen LogP contribution in [0.1, 0.15) is 13.3 Å². The van der Waals surface area contributed by atoms with Crippen LogP contribution in [-0.4, -0.2) is 16.7 Å². The summed E-state index contributed by atoms with van der Waals surface area (Å²) < 4.78 is 5.49. The average molecular weight is 192 g/mol. The van der Waals surface area contributed by atoms with Gasteiger partial charge in [-0.2, -0.15) is 0 Å². The average Bonchev–Trinajstić information content (AvgIpc) is 2.80. The largest absolute Gasteiger partial charge is 0.478 e. The molecule has 1 aliphatic rings. The van der Waals surface area contributed by atoms with Crippen LogP contribution in [-0.2, 0) is 4.79 Å². The topological polar surface area (TPSA) is 46.5 Å². The smallest absolute Gasteiger partial charge is 0.348 e. The number of ether oxygens (including phenoxy) is 1. The van der Waals surface area contributed by atoms with Crippen LogP contribution in [0, 0.1) is 5.92 Å². The van der Waals surface area contributed by atoms with Gasteiger partial charge in [0.05, 0.1) is 0 Å². The predicted octanol–water partition coefficient (Wildman–Crippen LogP) is 1.93. The SMILES string of the molecule is CC1CC1(Oc1ccccc1)C(=O)O. The molecule has 0 amide bonds. The van der Waals surface area contributed by atoms with Crippen molar-refractivity contribution in [1.29, 1.82) is 0 Å². The minimum atomic E-state index is -0.971. The van der Waals surface area contributed by atoms with Crippen LogP contribution in [0.15, 0.2) is 30.3 Å². The van der Waals surface area contributed by atoms with Gasteiger partial charge in [0.25, 0.3) is 0 Å². The summed E-state index contributed by atoms with van der Waals surface area (Å²) in [5, 5.41) is 9.01. The van der Waals surface area contributed by atoms with Gasteiger partial charge in [-0.3, -0.25) is 0 Å². The van der Waals surface area contributed by atoms with Gasteiger partial charge >= 0.3 is 5.97 Å². The Labute approximate surface area is 82.3 Å². The molecule has 1 saturated carbocycles. The second-order valence-corrected chi connectivity index (χ2v) is 3.71. The van der Waals surface area contributed by atoms with Crippen molar-refractivity contribution in [3.05, 3.63) is 30.3 Å². The Bertz CT molecular complexity index is 347. The van der Waals surface area contributed by atoms with E-state index in [9.17, 15) is 4.79 Å². The highest BCUT2D eigenvalue weighted by Crippen LogP contribution is 2.46. The number of hydrogen-bond donors (Lipinski definition) is 1. The lowest BCUT2D eigenvalue weighted by Gasteiger charge is -2.14. The second-order valence-electron chi connectivity index (χ2n) is 3.71. The molecule has 0 spiro atoms. The van der Waals surface area contributed by atoms with Gasteiger partial charge in [-0.25, -0.2) is 4.79 Å². The first-order chi connectivity index (χ1) is 6.65. The van der Waals surface area contributed by atoms with E-state index in [0.717, 1.165) is 0 Å². The summed E-state index contributed by atoms with van der Waals surface area (Å²) in [5.74, 6) is -0.145. The number of para-hydroxylation sites is 1. The predicted molar refractivity (Wildman–Crippen MR) is 51.2 cm³/mol. The molecule has 0 radical (unpaired) electrons. The lowest BCUT2D eigenvalue weighted by Crippen LogP contribution is -2.31. The van der Waals surface area contributed by atoms with Gasteiger partial charge in [0.1, 0.15) is 5.75 Å². The zero-order valence-electron chi connectivity index (χ0n) is 7.93. The van der Waals surface area contributed by atoms with Crippen molar-refractivity contribution in [2.75, 3.05) is 0 Å². The number of aliphatic carboxylic acids is 1. The molecule has 1 N–H and O–H groups in total. The molecule has 14 heavy (non-hydrogen) atoms.